The molecule has 2 amide bonds. The summed E-state index contributed by atoms with van der Waals surface area (Å²) in [6, 6.07) is 9.96. The maximum absolute atomic E-state index is 12.8. The van der Waals surface area contributed by atoms with Crippen molar-refractivity contribution in [1.82, 2.24) is 4.98 Å². The largest absolute Gasteiger partial charge is 0.478 e. The fourth-order valence-electron chi connectivity index (χ4n) is 3.27. The average molecular weight is 495 g/mol. The van der Waals surface area contributed by atoms with Crippen molar-refractivity contribution >= 4 is 71.5 Å². The summed E-state index contributed by atoms with van der Waals surface area (Å²) in [6.07, 6.45) is 0.836. The van der Waals surface area contributed by atoms with Gasteiger partial charge in [0.05, 0.1) is 22.2 Å². The summed E-state index contributed by atoms with van der Waals surface area (Å²) < 4.78 is 31.6. The van der Waals surface area contributed by atoms with Gasteiger partial charge in [-0.2, -0.15) is 0 Å². The Balaban J connectivity index is 1.53. The van der Waals surface area contributed by atoms with Crippen LogP contribution in [-0.4, -0.2) is 44.1 Å². The van der Waals surface area contributed by atoms with E-state index in [1.54, 1.807) is 36.4 Å². The van der Waals surface area contributed by atoms with Crippen molar-refractivity contribution in [2.45, 2.75) is 19.4 Å². The Hall–Kier alpha value is -2.89. The molecule has 1 aromatic heterocycles. The number of amides is 2. The highest BCUT2D eigenvalue weighted by atomic mass is 35.5. The molecule has 1 atom stereocenters. The molecule has 9 nitrogen and oxygen atoms in total. The number of anilines is 3. The van der Waals surface area contributed by atoms with Gasteiger partial charge in [-0.1, -0.05) is 29.9 Å². The van der Waals surface area contributed by atoms with Gasteiger partial charge >= 0.3 is 0 Å². The van der Waals surface area contributed by atoms with Gasteiger partial charge in [0.15, 0.2) is 11.2 Å². The highest BCUT2D eigenvalue weighted by molar-refractivity contribution is 7.92. The predicted octanol–water partition coefficient (Wildman–Crippen LogP) is 3.46. The Morgan fingerprint density at radius 3 is 2.78 bits per heavy atom. The maximum atomic E-state index is 12.8. The van der Waals surface area contributed by atoms with Crippen molar-refractivity contribution in [2.24, 2.45) is 0 Å². The lowest BCUT2D eigenvalue weighted by Crippen LogP contribution is -2.48. The van der Waals surface area contributed by atoms with Crippen LogP contribution in [-0.2, 0) is 19.6 Å². The summed E-state index contributed by atoms with van der Waals surface area (Å²) in [5.74, 6) is -0.225. The zero-order valence-corrected chi connectivity index (χ0v) is 19.5. The summed E-state index contributed by atoms with van der Waals surface area (Å²) in [5.41, 5.74) is 1.53. The first-order chi connectivity index (χ1) is 15.1. The molecular formula is C20H19ClN4O5S2. The number of hydrogen-bond acceptors (Lipinski definition) is 7. The van der Waals surface area contributed by atoms with Gasteiger partial charge in [0.2, 0.25) is 15.9 Å². The molecule has 4 rings (SSSR count). The number of sulfonamides is 1. The van der Waals surface area contributed by atoms with Crippen LogP contribution in [0, 0.1) is 0 Å². The van der Waals surface area contributed by atoms with Crippen LogP contribution >= 0.6 is 22.9 Å². The Bertz CT molecular complexity index is 1320. The average Bonchev–Trinajstić information content (AvgIpc) is 3.09. The number of rotatable bonds is 6. The zero-order chi connectivity index (χ0) is 23.0. The first kappa shape index (κ1) is 22.3. The molecule has 168 valence electrons. The Morgan fingerprint density at radius 1 is 1.28 bits per heavy atom. The van der Waals surface area contributed by atoms with Gasteiger partial charge in [-0.15, -0.1) is 0 Å². The molecular weight excluding hydrogens is 476 g/mol. The van der Waals surface area contributed by atoms with Crippen LogP contribution in [0.5, 0.6) is 5.75 Å². The van der Waals surface area contributed by atoms with Crippen LogP contribution < -0.4 is 19.7 Å². The van der Waals surface area contributed by atoms with Crippen LogP contribution in [0.2, 0.25) is 5.02 Å². The lowest BCUT2D eigenvalue weighted by Gasteiger charge is -2.33. The van der Waals surface area contributed by atoms with Crippen molar-refractivity contribution in [1.29, 1.82) is 0 Å². The molecule has 0 saturated heterocycles. The number of hydrogen-bond donors (Lipinski definition) is 2. The monoisotopic (exact) mass is 494 g/mol. The molecule has 0 unspecified atom stereocenters. The van der Waals surface area contributed by atoms with Crippen molar-refractivity contribution in [3.05, 3.63) is 41.4 Å². The second kappa shape index (κ2) is 8.57. The standard InChI is InChI=1S/C20H19ClN4O5S2/c1-3-15-19(27)25(14-8-11(21)4-7-16(14)30-15)10-18(26)22-12-5-6-13-17(9-12)31-20(23-13)24-32(2,28)29/h4-9,15H,3,10H2,1-2H3,(H,22,26)(H,23,24)/t15-/m0/s1. The number of fused-ring (bicyclic) bond motifs is 2. The van der Waals surface area contributed by atoms with Crippen molar-refractivity contribution < 1.29 is 22.7 Å². The third-order valence-corrected chi connectivity index (χ3v) is 6.50. The molecule has 0 aliphatic carbocycles. The van der Waals surface area contributed by atoms with Crippen LogP contribution in [0.15, 0.2) is 36.4 Å². The van der Waals surface area contributed by atoms with Crippen LogP contribution in [0.25, 0.3) is 10.2 Å². The predicted molar refractivity (Wildman–Crippen MR) is 125 cm³/mol. The number of ether oxygens (including phenoxy) is 1. The Labute approximate surface area is 193 Å². The van der Waals surface area contributed by atoms with E-state index in [0.717, 1.165) is 17.6 Å². The van der Waals surface area contributed by atoms with Gasteiger partial charge in [-0.05, 0) is 42.8 Å². The number of aromatic nitrogens is 1. The van der Waals surface area contributed by atoms with Gasteiger partial charge in [0.1, 0.15) is 12.3 Å². The van der Waals surface area contributed by atoms with E-state index in [2.05, 4.69) is 15.0 Å². The highest BCUT2D eigenvalue weighted by Gasteiger charge is 2.34. The van der Waals surface area contributed by atoms with Gasteiger partial charge in [0.25, 0.3) is 5.91 Å². The SMILES string of the molecule is CC[C@@H]1Oc2ccc(Cl)cc2N(CC(=O)Nc2ccc3nc(NS(C)(=O)=O)sc3c2)C1=O. The van der Waals surface area contributed by atoms with Gasteiger partial charge < -0.3 is 10.1 Å². The third-order valence-electron chi connectivity index (χ3n) is 4.64. The van der Waals surface area contributed by atoms with Crippen LogP contribution in [0.4, 0.5) is 16.5 Å². The van der Waals surface area contributed by atoms with Gasteiger partial charge in [0, 0.05) is 10.7 Å². The van der Waals surface area contributed by atoms with Gasteiger partial charge in [-0.25, -0.2) is 13.4 Å². The smallest absolute Gasteiger partial charge is 0.268 e. The number of halogens is 1. The first-order valence-electron chi connectivity index (χ1n) is 9.59. The molecule has 12 heteroatoms. The molecule has 3 aromatic rings. The minimum atomic E-state index is -3.44. The lowest BCUT2D eigenvalue weighted by molar-refractivity contribution is -0.128. The molecule has 0 radical (unpaired) electrons. The third kappa shape index (κ3) is 4.79. The molecule has 32 heavy (non-hydrogen) atoms. The summed E-state index contributed by atoms with van der Waals surface area (Å²) in [7, 11) is -3.44. The summed E-state index contributed by atoms with van der Waals surface area (Å²) in [5, 5.41) is 3.44. The molecule has 0 bridgehead atoms. The molecule has 2 heterocycles. The second-order valence-corrected chi connectivity index (χ2v) is 10.4. The van der Waals surface area contributed by atoms with Crippen molar-refractivity contribution in [3.63, 3.8) is 0 Å². The molecule has 2 N–H and O–H groups in total. The topological polar surface area (TPSA) is 118 Å². The van der Waals surface area contributed by atoms with E-state index in [4.69, 9.17) is 16.3 Å². The number of nitrogens with one attached hydrogen (secondary N) is 2. The minimum absolute atomic E-state index is 0.215. The van der Waals surface area contributed by atoms with Crippen molar-refractivity contribution in [2.75, 3.05) is 27.7 Å². The van der Waals surface area contributed by atoms with E-state index in [-0.39, 0.29) is 17.6 Å². The normalized spacial score (nSPS) is 15.9. The lowest BCUT2D eigenvalue weighted by atomic mass is 10.1. The van der Waals surface area contributed by atoms with E-state index in [9.17, 15) is 18.0 Å². The summed E-state index contributed by atoms with van der Waals surface area (Å²) >= 11 is 7.23. The fraction of sp³-hybridized carbons (Fsp3) is 0.250. The number of benzene rings is 2. The number of carbonyl (C=O) groups excluding carboxylic acids is 2. The van der Waals surface area contributed by atoms with Gasteiger partial charge in [-0.3, -0.25) is 19.2 Å². The van der Waals surface area contributed by atoms with E-state index < -0.39 is 22.0 Å². The highest BCUT2D eigenvalue weighted by Crippen LogP contribution is 2.37. The first-order valence-corrected chi connectivity index (χ1v) is 12.7. The summed E-state index contributed by atoms with van der Waals surface area (Å²) in [4.78, 5) is 31.2. The fourth-order valence-corrected chi connectivity index (χ4v) is 5.17. The quantitative estimate of drug-likeness (QED) is 0.541. The van der Waals surface area contributed by atoms with Crippen LogP contribution in [0.3, 0.4) is 0 Å². The van der Waals surface area contributed by atoms with E-state index in [1.807, 2.05) is 6.92 Å². The minimum Gasteiger partial charge on any atom is -0.478 e. The van der Waals surface area contributed by atoms with Crippen molar-refractivity contribution in [3.8, 4) is 5.75 Å². The molecule has 1 aliphatic rings. The molecule has 0 spiro atoms. The van der Waals surface area contributed by atoms with E-state index >= 15 is 0 Å². The maximum Gasteiger partial charge on any atom is 0.268 e. The van der Waals surface area contributed by atoms with E-state index in [0.29, 0.717) is 38.8 Å². The number of thiazole rings is 1. The Morgan fingerprint density at radius 2 is 2.06 bits per heavy atom. The number of nitrogens with zero attached hydrogens (tertiary/aromatic N) is 2. The second-order valence-electron chi connectivity index (χ2n) is 7.18. The Kier molecular flexibility index (Phi) is 5.97. The molecule has 1 aliphatic heterocycles. The van der Waals surface area contributed by atoms with Crippen LogP contribution in [0.1, 0.15) is 13.3 Å². The molecule has 2 aromatic carbocycles. The number of carbonyl (C=O) groups is 2. The zero-order valence-electron chi connectivity index (χ0n) is 17.1. The van der Waals surface area contributed by atoms with E-state index in [1.165, 1.54) is 4.90 Å². The molecule has 0 fully saturated rings. The molecule has 0 saturated carbocycles. The summed E-state index contributed by atoms with van der Waals surface area (Å²) in [6.45, 7) is 1.62.